The van der Waals surface area contributed by atoms with Gasteiger partial charge >= 0.3 is 7.12 Å². The first-order valence-electron chi connectivity index (χ1n) is 4.75. The molecule has 2 N–H and O–H groups in total. The van der Waals surface area contributed by atoms with E-state index in [1.807, 2.05) is 0 Å². The number of hydrogen-bond donors (Lipinski definition) is 2. The van der Waals surface area contributed by atoms with Crippen molar-refractivity contribution in [1.82, 2.24) is 4.90 Å². The average molecular weight is 169 g/mol. The summed E-state index contributed by atoms with van der Waals surface area (Å²) in [6, 6.07) is 0.599. The van der Waals surface area contributed by atoms with Crippen LogP contribution in [-0.2, 0) is 0 Å². The van der Waals surface area contributed by atoms with Gasteiger partial charge in [0.2, 0.25) is 0 Å². The van der Waals surface area contributed by atoms with Gasteiger partial charge in [0.1, 0.15) is 0 Å². The highest BCUT2D eigenvalue weighted by Crippen LogP contribution is 2.42. The van der Waals surface area contributed by atoms with Gasteiger partial charge in [0.15, 0.2) is 0 Å². The molecular formula is C8H16BNO2. The van der Waals surface area contributed by atoms with Gasteiger partial charge in [-0.1, -0.05) is 0 Å². The van der Waals surface area contributed by atoms with Crippen LogP contribution in [0.15, 0.2) is 0 Å². The Labute approximate surface area is 73.5 Å². The SMILES string of the molecule is CN1CC2CCC1CC2B(O)O. The summed E-state index contributed by atoms with van der Waals surface area (Å²) < 4.78 is 0. The molecule has 2 bridgehead atoms. The zero-order valence-electron chi connectivity index (χ0n) is 7.48. The lowest BCUT2D eigenvalue weighted by molar-refractivity contribution is 0.0629. The lowest BCUT2D eigenvalue weighted by atomic mass is 9.56. The van der Waals surface area contributed by atoms with Crippen LogP contribution < -0.4 is 0 Å². The van der Waals surface area contributed by atoms with Crippen LogP contribution in [0.2, 0.25) is 5.82 Å². The summed E-state index contributed by atoms with van der Waals surface area (Å²) in [6.07, 6.45) is 3.39. The Hall–Kier alpha value is -0.0551. The summed E-state index contributed by atoms with van der Waals surface area (Å²) >= 11 is 0. The monoisotopic (exact) mass is 169 g/mol. The van der Waals surface area contributed by atoms with E-state index in [1.54, 1.807) is 0 Å². The Balaban J connectivity index is 2.05. The van der Waals surface area contributed by atoms with Gasteiger partial charge in [-0.05, 0) is 38.0 Å². The van der Waals surface area contributed by atoms with Crippen molar-refractivity contribution in [2.75, 3.05) is 13.6 Å². The fraction of sp³-hybridized carbons (Fsp3) is 1.00. The van der Waals surface area contributed by atoms with E-state index in [1.165, 1.54) is 12.8 Å². The maximum absolute atomic E-state index is 9.12. The first-order chi connectivity index (χ1) is 5.68. The predicted molar refractivity (Wildman–Crippen MR) is 47.7 cm³/mol. The van der Waals surface area contributed by atoms with Gasteiger partial charge in [0.05, 0.1) is 0 Å². The Bertz CT molecular complexity index is 176. The van der Waals surface area contributed by atoms with Gasteiger partial charge in [-0.15, -0.1) is 0 Å². The molecule has 2 aliphatic heterocycles. The fourth-order valence-electron chi connectivity index (χ4n) is 2.76. The molecule has 0 aromatic heterocycles. The highest BCUT2D eigenvalue weighted by Gasteiger charge is 2.43. The molecule has 1 aliphatic carbocycles. The quantitative estimate of drug-likeness (QED) is 0.540. The molecule has 2 saturated heterocycles. The van der Waals surface area contributed by atoms with Crippen LogP contribution in [0.25, 0.3) is 0 Å². The number of rotatable bonds is 1. The lowest BCUT2D eigenvalue weighted by Gasteiger charge is -2.47. The van der Waals surface area contributed by atoms with E-state index >= 15 is 0 Å². The molecule has 68 valence electrons. The van der Waals surface area contributed by atoms with Crippen LogP contribution >= 0.6 is 0 Å². The van der Waals surface area contributed by atoms with Crippen LogP contribution in [0.1, 0.15) is 19.3 Å². The highest BCUT2D eigenvalue weighted by atomic mass is 16.4. The molecule has 3 aliphatic rings. The topological polar surface area (TPSA) is 43.7 Å². The van der Waals surface area contributed by atoms with Gasteiger partial charge < -0.3 is 14.9 Å². The minimum absolute atomic E-state index is 0.139. The van der Waals surface area contributed by atoms with E-state index in [0.717, 1.165) is 13.0 Å². The van der Waals surface area contributed by atoms with E-state index in [9.17, 15) is 0 Å². The second kappa shape index (κ2) is 3.02. The number of fused-ring (bicyclic) bond motifs is 3. The molecule has 0 radical (unpaired) electrons. The highest BCUT2D eigenvalue weighted by molar-refractivity contribution is 6.43. The van der Waals surface area contributed by atoms with E-state index < -0.39 is 7.12 Å². The first kappa shape index (κ1) is 8.54. The predicted octanol–water partition coefficient (Wildman–Crippen LogP) is -0.0565. The molecule has 2 heterocycles. The van der Waals surface area contributed by atoms with E-state index in [4.69, 9.17) is 10.0 Å². The molecular weight excluding hydrogens is 153 g/mol. The van der Waals surface area contributed by atoms with E-state index in [-0.39, 0.29) is 5.82 Å². The molecule has 3 nitrogen and oxygen atoms in total. The summed E-state index contributed by atoms with van der Waals surface area (Å²) in [4.78, 5) is 2.35. The first-order valence-corrected chi connectivity index (χ1v) is 4.75. The maximum Gasteiger partial charge on any atom is 0.455 e. The average Bonchev–Trinajstić information content (AvgIpc) is 2.04. The molecule has 0 spiro atoms. The summed E-state index contributed by atoms with van der Waals surface area (Å²) in [5, 5.41) is 18.2. The van der Waals surface area contributed by atoms with Gasteiger partial charge in [-0.3, -0.25) is 0 Å². The summed E-state index contributed by atoms with van der Waals surface area (Å²) in [5.74, 6) is 0.653. The van der Waals surface area contributed by atoms with Crippen molar-refractivity contribution in [2.24, 2.45) is 5.92 Å². The van der Waals surface area contributed by atoms with Gasteiger partial charge in [0, 0.05) is 12.6 Å². The van der Waals surface area contributed by atoms with Gasteiger partial charge in [0.25, 0.3) is 0 Å². The standard InChI is InChI=1S/C8H16BNO2/c1-10-5-6-2-3-7(10)4-8(6)9(11)12/h6-8,11-12H,2-5H2,1H3. The van der Waals surface area contributed by atoms with Crippen molar-refractivity contribution in [2.45, 2.75) is 31.1 Å². The Morgan fingerprint density at radius 3 is 2.50 bits per heavy atom. The minimum Gasteiger partial charge on any atom is -0.427 e. The molecule has 4 heteroatoms. The van der Waals surface area contributed by atoms with Gasteiger partial charge in [-0.2, -0.15) is 0 Å². The molecule has 0 aromatic carbocycles. The minimum atomic E-state index is -1.09. The second-order valence-electron chi connectivity index (χ2n) is 4.24. The number of piperidine rings is 2. The molecule has 3 atom stereocenters. The van der Waals surface area contributed by atoms with Crippen LogP contribution in [0.4, 0.5) is 0 Å². The Kier molecular flexibility index (Phi) is 2.15. The van der Waals surface area contributed by atoms with Crippen molar-refractivity contribution in [3.8, 4) is 0 Å². The lowest BCUT2D eigenvalue weighted by Crippen LogP contribution is -2.51. The van der Waals surface area contributed by atoms with Crippen LogP contribution in [0.5, 0.6) is 0 Å². The zero-order valence-corrected chi connectivity index (χ0v) is 7.48. The van der Waals surface area contributed by atoms with Crippen molar-refractivity contribution < 1.29 is 10.0 Å². The summed E-state index contributed by atoms with van der Waals surface area (Å²) in [5.41, 5.74) is 0. The third-order valence-corrected chi connectivity index (χ3v) is 3.55. The fourth-order valence-corrected chi connectivity index (χ4v) is 2.76. The molecule has 12 heavy (non-hydrogen) atoms. The van der Waals surface area contributed by atoms with E-state index in [2.05, 4.69) is 11.9 Å². The molecule has 3 unspecified atom stereocenters. The van der Waals surface area contributed by atoms with Crippen molar-refractivity contribution in [1.29, 1.82) is 0 Å². The third-order valence-electron chi connectivity index (χ3n) is 3.55. The Morgan fingerprint density at radius 1 is 1.33 bits per heavy atom. The molecule has 1 saturated carbocycles. The molecule has 3 rings (SSSR count). The molecule has 0 amide bonds. The van der Waals surface area contributed by atoms with Crippen LogP contribution in [-0.4, -0.2) is 41.7 Å². The number of hydrogen-bond acceptors (Lipinski definition) is 3. The van der Waals surface area contributed by atoms with Crippen LogP contribution in [0.3, 0.4) is 0 Å². The molecule has 3 fully saturated rings. The molecule has 0 aromatic rings. The normalized spacial score (nSPS) is 41.8. The van der Waals surface area contributed by atoms with Crippen molar-refractivity contribution in [3.05, 3.63) is 0 Å². The van der Waals surface area contributed by atoms with Crippen molar-refractivity contribution in [3.63, 3.8) is 0 Å². The Morgan fingerprint density at radius 2 is 2.08 bits per heavy atom. The van der Waals surface area contributed by atoms with Gasteiger partial charge in [-0.25, -0.2) is 0 Å². The van der Waals surface area contributed by atoms with Crippen LogP contribution in [0, 0.1) is 5.92 Å². The summed E-state index contributed by atoms with van der Waals surface area (Å²) in [6.45, 7) is 1.05. The maximum atomic E-state index is 9.12. The number of nitrogens with zero attached hydrogens (tertiary/aromatic N) is 1. The van der Waals surface area contributed by atoms with E-state index in [0.29, 0.717) is 12.0 Å². The zero-order chi connectivity index (χ0) is 8.72. The summed E-state index contributed by atoms with van der Waals surface area (Å²) in [7, 11) is 1.04. The van der Waals surface area contributed by atoms with Crippen molar-refractivity contribution >= 4 is 7.12 Å². The third kappa shape index (κ3) is 1.28. The smallest absolute Gasteiger partial charge is 0.427 e. The largest absolute Gasteiger partial charge is 0.455 e. The second-order valence-corrected chi connectivity index (χ2v) is 4.24.